The zero-order valence-corrected chi connectivity index (χ0v) is 6.55. The average molecular weight is 179 g/mol. The molecule has 2 N–H and O–H groups in total. The molecule has 0 saturated carbocycles. The van der Waals surface area contributed by atoms with Crippen LogP contribution in [0.2, 0.25) is 0 Å². The Balaban J connectivity index is 2.46. The number of halogens is 1. The van der Waals surface area contributed by atoms with Gasteiger partial charge in [-0.15, -0.1) is 9.90 Å². The molecule has 0 atom stereocenters. The van der Waals surface area contributed by atoms with Gasteiger partial charge in [-0.05, 0) is 17.3 Å². The molecule has 5 nitrogen and oxygen atoms in total. The Kier molecular flexibility index (Phi) is 1.66. The minimum Gasteiger partial charge on any atom is -0.365 e. The minimum absolute atomic E-state index is 0.0595. The average Bonchev–Trinajstić information content (AvgIpc) is 2.52. The molecule has 2 aromatic rings. The Bertz CT molecular complexity index is 424. The van der Waals surface area contributed by atoms with Crippen LogP contribution in [0.15, 0.2) is 24.3 Å². The van der Waals surface area contributed by atoms with E-state index in [1.54, 1.807) is 12.1 Å². The number of benzene rings is 1. The van der Waals surface area contributed by atoms with Crippen LogP contribution in [0.25, 0.3) is 5.69 Å². The van der Waals surface area contributed by atoms with E-state index >= 15 is 0 Å². The summed E-state index contributed by atoms with van der Waals surface area (Å²) in [5, 5.41) is 10.8. The number of hydrogen-bond acceptors (Lipinski definition) is 4. The van der Waals surface area contributed by atoms with Gasteiger partial charge in [0.25, 0.3) is 5.95 Å². The zero-order valence-electron chi connectivity index (χ0n) is 6.55. The maximum absolute atomic E-state index is 12.7. The highest BCUT2D eigenvalue weighted by molar-refractivity contribution is 5.29. The van der Waals surface area contributed by atoms with E-state index in [1.165, 1.54) is 16.9 Å². The monoisotopic (exact) mass is 179 g/mol. The molecule has 0 amide bonds. The lowest BCUT2D eigenvalue weighted by atomic mass is 10.3. The highest BCUT2D eigenvalue weighted by Gasteiger charge is 2.01. The molecular weight excluding hydrogens is 173 g/mol. The number of nitrogens with zero attached hydrogens (tertiary/aromatic N) is 4. The Hall–Kier alpha value is -1.98. The molecule has 0 bridgehead atoms. The van der Waals surface area contributed by atoms with Gasteiger partial charge in [0.1, 0.15) is 5.82 Å². The van der Waals surface area contributed by atoms with Crippen LogP contribution >= 0.6 is 0 Å². The van der Waals surface area contributed by atoms with Gasteiger partial charge in [0.2, 0.25) is 0 Å². The van der Waals surface area contributed by atoms with Crippen LogP contribution in [0.3, 0.4) is 0 Å². The summed E-state index contributed by atoms with van der Waals surface area (Å²) in [5.41, 5.74) is 5.74. The van der Waals surface area contributed by atoms with Crippen LogP contribution < -0.4 is 5.73 Å². The van der Waals surface area contributed by atoms with Crippen molar-refractivity contribution in [2.45, 2.75) is 0 Å². The summed E-state index contributed by atoms with van der Waals surface area (Å²) in [4.78, 5) is 1.17. The molecule has 1 aromatic carbocycles. The van der Waals surface area contributed by atoms with Gasteiger partial charge in [-0.1, -0.05) is 11.2 Å². The van der Waals surface area contributed by atoms with Crippen LogP contribution in [-0.2, 0) is 0 Å². The van der Waals surface area contributed by atoms with Crippen LogP contribution in [0.4, 0.5) is 10.3 Å². The van der Waals surface area contributed by atoms with Crippen LogP contribution in [-0.4, -0.2) is 20.2 Å². The summed E-state index contributed by atoms with van der Waals surface area (Å²) in [5.74, 6) is -0.294. The van der Waals surface area contributed by atoms with E-state index in [4.69, 9.17) is 5.73 Å². The molecule has 0 aliphatic rings. The van der Waals surface area contributed by atoms with Crippen molar-refractivity contribution in [3.05, 3.63) is 30.1 Å². The molecule has 0 aliphatic heterocycles. The van der Waals surface area contributed by atoms with Crippen molar-refractivity contribution in [2.75, 3.05) is 5.73 Å². The first kappa shape index (κ1) is 7.66. The fourth-order valence-corrected chi connectivity index (χ4v) is 0.935. The number of nitrogens with two attached hydrogens (primary N) is 1. The van der Waals surface area contributed by atoms with Gasteiger partial charge in [0, 0.05) is 6.07 Å². The van der Waals surface area contributed by atoms with E-state index in [0.29, 0.717) is 5.69 Å². The van der Waals surface area contributed by atoms with E-state index < -0.39 is 0 Å². The van der Waals surface area contributed by atoms with Gasteiger partial charge < -0.3 is 5.73 Å². The minimum atomic E-state index is -0.353. The van der Waals surface area contributed by atoms with E-state index in [1.807, 2.05) is 0 Å². The summed E-state index contributed by atoms with van der Waals surface area (Å²) in [6.07, 6.45) is 0. The van der Waals surface area contributed by atoms with Crippen molar-refractivity contribution in [2.24, 2.45) is 0 Å². The zero-order chi connectivity index (χ0) is 9.26. The fraction of sp³-hybridized carbons (Fsp3) is 0. The number of nitrogen functional groups attached to an aromatic ring is 1. The summed E-state index contributed by atoms with van der Waals surface area (Å²) in [7, 11) is 0. The lowest BCUT2D eigenvalue weighted by molar-refractivity contribution is 0.621. The molecule has 0 saturated heterocycles. The molecule has 0 fully saturated rings. The van der Waals surface area contributed by atoms with Crippen LogP contribution in [0.1, 0.15) is 0 Å². The van der Waals surface area contributed by atoms with Crippen LogP contribution in [0, 0.1) is 5.82 Å². The van der Waals surface area contributed by atoms with E-state index in [9.17, 15) is 4.39 Å². The van der Waals surface area contributed by atoms with E-state index in [0.717, 1.165) is 0 Å². The van der Waals surface area contributed by atoms with Crippen molar-refractivity contribution in [3.63, 3.8) is 0 Å². The van der Waals surface area contributed by atoms with Crippen molar-refractivity contribution in [1.82, 2.24) is 20.2 Å². The van der Waals surface area contributed by atoms with Crippen molar-refractivity contribution < 1.29 is 4.39 Å². The van der Waals surface area contributed by atoms with Gasteiger partial charge in [-0.3, -0.25) is 0 Å². The predicted octanol–water partition coefficient (Wildman–Crippen LogP) is 0.384. The smallest absolute Gasteiger partial charge is 0.261 e. The van der Waals surface area contributed by atoms with Gasteiger partial charge in [0.15, 0.2) is 0 Å². The van der Waals surface area contributed by atoms with Gasteiger partial charge >= 0.3 is 0 Å². The summed E-state index contributed by atoms with van der Waals surface area (Å²) < 4.78 is 12.7. The highest BCUT2D eigenvalue weighted by Crippen LogP contribution is 2.06. The molecule has 66 valence electrons. The predicted molar refractivity (Wildman–Crippen MR) is 43.5 cm³/mol. The van der Waals surface area contributed by atoms with E-state index in [-0.39, 0.29) is 11.8 Å². The number of anilines is 1. The van der Waals surface area contributed by atoms with Gasteiger partial charge in [-0.2, -0.15) is 0 Å². The first-order valence-electron chi connectivity index (χ1n) is 3.57. The Labute approximate surface area is 73.0 Å². The molecule has 0 unspecified atom stereocenters. The number of tetrazole rings is 1. The van der Waals surface area contributed by atoms with Gasteiger partial charge in [0.05, 0.1) is 5.69 Å². The van der Waals surface area contributed by atoms with Gasteiger partial charge in [-0.25, -0.2) is 4.39 Å². The molecular formula is C7H6FN5. The Morgan fingerprint density at radius 2 is 2.23 bits per heavy atom. The second-order valence-electron chi connectivity index (χ2n) is 2.42. The first-order chi connectivity index (χ1) is 6.25. The summed E-state index contributed by atoms with van der Waals surface area (Å²) >= 11 is 0. The molecule has 13 heavy (non-hydrogen) atoms. The maximum Gasteiger partial charge on any atom is 0.261 e. The third kappa shape index (κ3) is 1.46. The molecule has 0 aliphatic carbocycles. The Morgan fingerprint density at radius 1 is 1.38 bits per heavy atom. The lowest BCUT2D eigenvalue weighted by Gasteiger charge is -1.96. The summed E-state index contributed by atoms with van der Waals surface area (Å²) in [6.45, 7) is 0. The summed E-state index contributed by atoms with van der Waals surface area (Å²) in [6, 6.07) is 5.85. The third-order valence-electron chi connectivity index (χ3n) is 1.47. The molecule has 1 aromatic heterocycles. The van der Waals surface area contributed by atoms with E-state index in [2.05, 4.69) is 15.4 Å². The van der Waals surface area contributed by atoms with Crippen LogP contribution in [0.5, 0.6) is 0 Å². The first-order valence-corrected chi connectivity index (χ1v) is 3.57. The third-order valence-corrected chi connectivity index (χ3v) is 1.47. The second kappa shape index (κ2) is 2.81. The molecule has 0 spiro atoms. The maximum atomic E-state index is 12.7. The number of rotatable bonds is 1. The van der Waals surface area contributed by atoms with Crippen molar-refractivity contribution in [3.8, 4) is 5.69 Å². The second-order valence-corrected chi connectivity index (χ2v) is 2.42. The quantitative estimate of drug-likeness (QED) is 0.687. The SMILES string of the molecule is Nc1nnn(-c2cccc(F)c2)n1. The van der Waals surface area contributed by atoms with Crippen molar-refractivity contribution >= 4 is 5.95 Å². The molecule has 0 radical (unpaired) electrons. The fourth-order valence-electron chi connectivity index (χ4n) is 0.935. The number of hydrogen-bond donors (Lipinski definition) is 1. The molecule has 2 rings (SSSR count). The largest absolute Gasteiger partial charge is 0.365 e. The number of aromatic nitrogens is 4. The van der Waals surface area contributed by atoms with Crippen molar-refractivity contribution in [1.29, 1.82) is 0 Å². The standard InChI is InChI=1S/C7H6FN5/c8-5-2-1-3-6(4-5)13-11-7(9)10-12-13/h1-4H,(H2,9,11). The highest BCUT2D eigenvalue weighted by atomic mass is 19.1. The molecule has 6 heteroatoms. The molecule has 1 heterocycles. The Morgan fingerprint density at radius 3 is 2.85 bits per heavy atom. The lowest BCUT2D eigenvalue weighted by Crippen LogP contribution is -1.99. The topological polar surface area (TPSA) is 69.6 Å². The normalized spacial score (nSPS) is 10.2.